The molecular formula is C21H21ClFNO3. The van der Waals surface area contributed by atoms with E-state index in [0.717, 1.165) is 24.0 Å². The molecule has 142 valence electrons. The van der Waals surface area contributed by atoms with Gasteiger partial charge in [0.2, 0.25) is 5.91 Å². The Morgan fingerprint density at radius 3 is 2.52 bits per heavy atom. The number of methoxy groups -OCH3 is 2. The van der Waals surface area contributed by atoms with Crippen LogP contribution in [0.3, 0.4) is 0 Å². The molecule has 1 amide bonds. The number of hydrogen-bond donors (Lipinski definition) is 0. The Hall–Kier alpha value is -2.53. The van der Waals surface area contributed by atoms with Crippen molar-refractivity contribution in [3.05, 3.63) is 64.4 Å². The zero-order chi connectivity index (χ0) is 19.4. The minimum Gasteiger partial charge on any atom is -0.493 e. The van der Waals surface area contributed by atoms with Crippen LogP contribution in [0.25, 0.3) is 6.08 Å². The fraction of sp³-hybridized carbons (Fsp3) is 0.286. The molecule has 2 aromatic carbocycles. The number of rotatable bonds is 7. The Morgan fingerprint density at radius 1 is 1.22 bits per heavy atom. The van der Waals surface area contributed by atoms with Gasteiger partial charge in [-0.1, -0.05) is 23.7 Å². The van der Waals surface area contributed by atoms with Gasteiger partial charge in [0.25, 0.3) is 0 Å². The van der Waals surface area contributed by atoms with Gasteiger partial charge in [-0.3, -0.25) is 4.79 Å². The van der Waals surface area contributed by atoms with Gasteiger partial charge in [0, 0.05) is 18.7 Å². The highest BCUT2D eigenvalue weighted by Crippen LogP contribution is 2.36. The topological polar surface area (TPSA) is 38.8 Å². The fourth-order valence-corrected chi connectivity index (χ4v) is 3.15. The van der Waals surface area contributed by atoms with Crippen LogP contribution < -0.4 is 9.47 Å². The van der Waals surface area contributed by atoms with Gasteiger partial charge in [-0.2, -0.15) is 0 Å². The molecule has 27 heavy (non-hydrogen) atoms. The quantitative estimate of drug-likeness (QED) is 0.644. The average Bonchev–Trinajstić information content (AvgIpc) is 3.50. The van der Waals surface area contributed by atoms with Gasteiger partial charge in [0.05, 0.1) is 19.2 Å². The van der Waals surface area contributed by atoms with E-state index >= 15 is 0 Å². The second-order valence-electron chi connectivity index (χ2n) is 6.40. The molecule has 0 atom stereocenters. The van der Waals surface area contributed by atoms with Gasteiger partial charge in [-0.15, -0.1) is 0 Å². The second kappa shape index (κ2) is 8.44. The SMILES string of the molecule is COc1cc(/C=C/C(=O)N(Cc2ccc(F)cc2)C2CC2)cc(Cl)c1OC. The van der Waals surface area contributed by atoms with Crippen molar-refractivity contribution in [3.63, 3.8) is 0 Å². The van der Waals surface area contributed by atoms with Gasteiger partial charge in [-0.25, -0.2) is 4.39 Å². The Kier molecular flexibility index (Phi) is 6.01. The monoisotopic (exact) mass is 389 g/mol. The third-order valence-corrected chi connectivity index (χ3v) is 4.69. The number of carbonyl (C=O) groups excluding carboxylic acids is 1. The summed E-state index contributed by atoms with van der Waals surface area (Å²) in [6.07, 6.45) is 5.21. The van der Waals surface area contributed by atoms with Crippen LogP contribution in [-0.2, 0) is 11.3 Å². The maximum Gasteiger partial charge on any atom is 0.247 e. The summed E-state index contributed by atoms with van der Waals surface area (Å²) in [6.45, 7) is 0.459. The second-order valence-corrected chi connectivity index (χ2v) is 6.80. The summed E-state index contributed by atoms with van der Waals surface area (Å²) in [5.41, 5.74) is 1.64. The molecule has 0 spiro atoms. The molecule has 1 aliphatic rings. The van der Waals surface area contributed by atoms with E-state index in [1.165, 1.54) is 32.4 Å². The first-order chi connectivity index (χ1) is 13.0. The average molecular weight is 390 g/mol. The van der Waals surface area contributed by atoms with E-state index in [2.05, 4.69) is 0 Å². The van der Waals surface area contributed by atoms with E-state index in [1.54, 1.807) is 30.3 Å². The molecular weight excluding hydrogens is 369 g/mol. The molecule has 0 radical (unpaired) electrons. The van der Waals surface area contributed by atoms with Gasteiger partial charge in [0.15, 0.2) is 11.5 Å². The highest BCUT2D eigenvalue weighted by atomic mass is 35.5. The molecule has 0 saturated heterocycles. The lowest BCUT2D eigenvalue weighted by atomic mass is 10.1. The molecule has 0 bridgehead atoms. The molecule has 1 fully saturated rings. The lowest BCUT2D eigenvalue weighted by Crippen LogP contribution is -2.31. The molecule has 1 aliphatic carbocycles. The highest BCUT2D eigenvalue weighted by molar-refractivity contribution is 6.32. The van der Waals surface area contributed by atoms with Crippen molar-refractivity contribution in [3.8, 4) is 11.5 Å². The van der Waals surface area contributed by atoms with Gasteiger partial charge >= 0.3 is 0 Å². The van der Waals surface area contributed by atoms with Crippen LogP contribution in [0.5, 0.6) is 11.5 Å². The molecule has 0 aromatic heterocycles. The first kappa shape index (κ1) is 19.2. The third-order valence-electron chi connectivity index (χ3n) is 4.41. The summed E-state index contributed by atoms with van der Waals surface area (Å²) in [5, 5.41) is 0.411. The van der Waals surface area contributed by atoms with Crippen molar-refractivity contribution in [1.29, 1.82) is 0 Å². The third kappa shape index (κ3) is 4.80. The van der Waals surface area contributed by atoms with Gasteiger partial charge in [-0.05, 0) is 54.3 Å². The molecule has 0 N–H and O–H groups in total. The van der Waals surface area contributed by atoms with E-state index < -0.39 is 0 Å². The Morgan fingerprint density at radius 2 is 1.93 bits per heavy atom. The van der Waals surface area contributed by atoms with E-state index in [9.17, 15) is 9.18 Å². The van der Waals surface area contributed by atoms with Crippen LogP contribution in [0.15, 0.2) is 42.5 Å². The predicted molar refractivity (Wildman–Crippen MR) is 104 cm³/mol. The zero-order valence-electron chi connectivity index (χ0n) is 15.2. The number of amides is 1. The molecule has 6 heteroatoms. The molecule has 1 saturated carbocycles. The fourth-order valence-electron chi connectivity index (χ4n) is 2.86. The number of nitrogens with zero attached hydrogens (tertiary/aromatic N) is 1. The van der Waals surface area contributed by atoms with E-state index in [-0.39, 0.29) is 17.8 Å². The highest BCUT2D eigenvalue weighted by Gasteiger charge is 2.31. The van der Waals surface area contributed by atoms with Crippen molar-refractivity contribution < 1.29 is 18.7 Å². The number of ether oxygens (including phenoxy) is 2. The molecule has 4 nitrogen and oxygen atoms in total. The number of benzene rings is 2. The van der Waals surface area contributed by atoms with Crippen molar-refractivity contribution in [2.75, 3.05) is 14.2 Å². The summed E-state index contributed by atoms with van der Waals surface area (Å²) in [6, 6.07) is 9.94. The van der Waals surface area contributed by atoms with E-state index in [0.29, 0.717) is 23.1 Å². The van der Waals surface area contributed by atoms with Crippen LogP contribution in [0.1, 0.15) is 24.0 Å². The maximum absolute atomic E-state index is 13.1. The first-order valence-electron chi connectivity index (χ1n) is 8.66. The summed E-state index contributed by atoms with van der Waals surface area (Å²) < 4.78 is 23.6. The van der Waals surface area contributed by atoms with Crippen molar-refractivity contribution >= 4 is 23.6 Å². The number of hydrogen-bond acceptors (Lipinski definition) is 3. The summed E-state index contributed by atoms with van der Waals surface area (Å²) in [4.78, 5) is 14.5. The Balaban J connectivity index is 1.75. The minimum absolute atomic E-state index is 0.0901. The summed E-state index contributed by atoms with van der Waals surface area (Å²) >= 11 is 6.21. The zero-order valence-corrected chi connectivity index (χ0v) is 16.0. The Bertz CT molecular complexity index is 847. The van der Waals surface area contributed by atoms with Crippen LogP contribution >= 0.6 is 11.6 Å². The van der Waals surface area contributed by atoms with Gasteiger partial charge in [0.1, 0.15) is 5.82 Å². The number of carbonyl (C=O) groups is 1. The normalized spacial score (nSPS) is 13.6. The lowest BCUT2D eigenvalue weighted by Gasteiger charge is -2.21. The largest absolute Gasteiger partial charge is 0.493 e. The van der Waals surface area contributed by atoms with Crippen molar-refractivity contribution in [1.82, 2.24) is 4.90 Å². The number of halogens is 2. The smallest absolute Gasteiger partial charge is 0.247 e. The predicted octanol–water partition coefficient (Wildman–Crippen LogP) is 4.70. The molecule has 0 unspecified atom stereocenters. The molecule has 0 heterocycles. The molecule has 0 aliphatic heterocycles. The lowest BCUT2D eigenvalue weighted by molar-refractivity contribution is -0.127. The van der Waals surface area contributed by atoms with Crippen LogP contribution in [-0.4, -0.2) is 31.1 Å². The van der Waals surface area contributed by atoms with Crippen LogP contribution in [0.4, 0.5) is 4.39 Å². The maximum atomic E-state index is 13.1. The summed E-state index contributed by atoms with van der Waals surface area (Å²) in [5.74, 6) is 0.585. The first-order valence-corrected chi connectivity index (χ1v) is 9.04. The van der Waals surface area contributed by atoms with E-state index in [4.69, 9.17) is 21.1 Å². The van der Waals surface area contributed by atoms with E-state index in [1.807, 2.05) is 4.90 Å². The molecule has 2 aromatic rings. The van der Waals surface area contributed by atoms with Crippen LogP contribution in [0.2, 0.25) is 5.02 Å². The van der Waals surface area contributed by atoms with Gasteiger partial charge < -0.3 is 14.4 Å². The van der Waals surface area contributed by atoms with Crippen molar-refractivity contribution in [2.45, 2.75) is 25.4 Å². The van der Waals surface area contributed by atoms with Crippen molar-refractivity contribution in [2.24, 2.45) is 0 Å². The molecule has 3 rings (SSSR count). The Labute approximate surface area is 163 Å². The minimum atomic E-state index is -0.284. The standard InChI is InChI=1S/C21H21ClFNO3/c1-26-19-12-15(11-18(22)21(19)27-2)5-10-20(25)24(17-8-9-17)13-14-3-6-16(23)7-4-14/h3-7,10-12,17H,8-9,13H2,1-2H3/b10-5+. The summed E-state index contributed by atoms with van der Waals surface area (Å²) in [7, 11) is 3.05. The van der Waals surface area contributed by atoms with Crippen LogP contribution in [0, 0.1) is 5.82 Å².